The highest BCUT2D eigenvalue weighted by atomic mass is 16.2. The third-order valence-electron chi connectivity index (χ3n) is 5.51. The Balaban J connectivity index is 1.88. The fourth-order valence-corrected chi connectivity index (χ4v) is 4.15. The van der Waals surface area contributed by atoms with E-state index in [0.29, 0.717) is 19.5 Å². The Morgan fingerprint density at radius 3 is 2.45 bits per heavy atom. The number of pyridine rings is 1. The van der Waals surface area contributed by atoms with E-state index in [2.05, 4.69) is 41.5 Å². The van der Waals surface area contributed by atoms with E-state index in [4.69, 9.17) is 4.98 Å². The highest BCUT2D eigenvalue weighted by Gasteiger charge is 2.28. The van der Waals surface area contributed by atoms with Gasteiger partial charge in [-0.25, -0.2) is 9.78 Å². The van der Waals surface area contributed by atoms with E-state index in [1.807, 2.05) is 21.6 Å². The molecule has 2 aromatic rings. The molecule has 1 unspecified atom stereocenters. The van der Waals surface area contributed by atoms with Gasteiger partial charge in [-0.3, -0.25) is 13.9 Å². The molecule has 0 aliphatic carbocycles. The van der Waals surface area contributed by atoms with E-state index in [-0.39, 0.29) is 28.3 Å². The monoisotopic (exact) mass is 400 g/mol. The second-order valence-electron chi connectivity index (χ2n) is 11.0. The lowest BCUT2D eigenvalue weighted by Crippen LogP contribution is -2.40. The molecule has 3 heterocycles. The van der Waals surface area contributed by atoms with Crippen molar-refractivity contribution < 1.29 is 4.79 Å². The molecule has 0 spiro atoms. The van der Waals surface area contributed by atoms with Crippen molar-refractivity contribution in [1.82, 2.24) is 19.0 Å². The Kier molecular flexibility index (Phi) is 5.67. The first-order chi connectivity index (χ1) is 13.4. The molecule has 1 amide bonds. The summed E-state index contributed by atoms with van der Waals surface area (Å²) < 4.78 is 3.47. The van der Waals surface area contributed by atoms with Crippen LogP contribution in [0.4, 0.5) is 0 Å². The normalized spacial score (nSPS) is 18.4. The van der Waals surface area contributed by atoms with Gasteiger partial charge in [-0.2, -0.15) is 0 Å². The molecule has 160 valence electrons. The summed E-state index contributed by atoms with van der Waals surface area (Å²) in [5.41, 5.74) is 2.57. The summed E-state index contributed by atoms with van der Waals surface area (Å²) in [5, 5.41) is 0. The van der Waals surface area contributed by atoms with E-state index in [1.54, 1.807) is 11.6 Å². The van der Waals surface area contributed by atoms with Gasteiger partial charge in [0.2, 0.25) is 5.91 Å². The second-order valence-corrected chi connectivity index (χ2v) is 11.0. The van der Waals surface area contributed by atoms with Gasteiger partial charge in [-0.05, 0) is 35.8 Å². The first-order valence-electron chi connectivity index (χ1n) is 10.7. The zero-order valence-electron chi connectivity index (χ0n) is 19.1. The molecule has 29 heavy (non-hydrogen) atoms. The van der Waals surface area contributed by atoms with Crippen LogP contribution in [-0.4, -0.2) is 38.0 Å². The highest BCUT2D eigenvalue weighted by Crippen LogP contribution is 2.29. The zero-order valence-corrected chi connectivity index (χ0v) is 19.1. The number of amides is 1. The van der Waals surface area contributed by atoms with Crippen molar-refractivity contribution >= 4 is 17.1 Å². The van der Waals surface area contributed by atoms with Crippen LogP contribution < -0.4 is 5.69 Å². The van der Waals surface area contributed by atoms with Crippen molar-refractivity contribution in [2.24, 2.45) is 17.9 Å². The number of carbonyl (C=O) groups is 1. The summed E-state index contributed by atoms with van der Waals surface area (Å²) in [7, 11) is 1.79. The van der Waals surface area contributed by atoms with Crippen molar-refractivity contribution in [3.63, 3.8) is 0 Å². The summed E-state index contributed by atoms with van der Waals surface area (Å²) in [6.07, 6.45) is 2.58. The fourth-order valence-electron chi connectivity index (χ4n) is 4.15. The molecule has 6 nitrogen and oxygen atoms in total. The summed E-state index contributed by atoms with van der Waals surface area (Å²) >= 11 is 0. The number of aryl methyl sites for hydroxylation is 1. The average molecular weight is 401 g/mol. The molecule has 1 atom stereocenters. The van der Waals surface area contributed by atoms with Crippen LogP contribution in [0.3, 0.4) is 0 Å². The van der Waals surface area contributed by atoms with Crippen molar-refractivity contribution in [3.05, 3.63) is 28.3 Å². The Bertz CT molecular complexity index is 956. The third kappa shape index (κ3) is 4.90. The number of piperidine rings is 1. The molecule has 6 heteroatoms. The SMILES string of the molecule is Cn1c(=O)n(CC(C)(C)C)c2ccc(C3CCCN(C(=O)CC(C)(C)C)C3)nc21. The van der Waals surface area contributed by atoms with Crippen LogP contribution in [0.1, 0.15) is 72.4 Å². The maximum atomic E-state index is 12.8. The standard InChI is InChI=1S/C23H36N4O2/c1-22(2,3)13-19(28)26-12-8-9-16(14-26)17-10-11-18-20(24-17)25(7)21(29)27(18)15-23(4,5)6/h10-11,16H,8-9,12-15H2,1-7H3. The summed E-state index contributed by atoms with van der Waals surface area (Å²) in [4.78, 5) is 32.3. The van der Waals surface area contributed by atoms with E-state index in [9.17, 15) is 9.59 Å². The predicted octanol–water partition coefficient (Wildman–Crippen LogP) is 3.92. The largest absolute Gasteiger partial charge is 0.342 e. The Labute approximate surface area is 173 Å². The maximum absolute atomic E-state index is 12.8. The number of imidazole rings is 1. The average Bonchev–Trinajstić information content (AvgIpc) is 2.84. The number of hydrogen-bond acceptors (Lipinski definition) is 3. The van der Waals surface area contributed by atoms with Crippen LogP contribution in [0.5, 0.6) is 0 Å². The molecule has 0 radical (unpaired) electrons. The predicted molar refractivity (Wildman–Crippen MR) is 117 cm³/mol. The smallest absolute Gasteiger partial charge is 0.330 e. The van der Waals surface area contributed by atoms with Crippen LogP contribution in [0.2, 0.25) is 0 Å². The lowest BCUT2D eigenvalue weighted by molar-refractivity contribution is -0.134. The number of nitrogens with zero attached hydrogens (tertiary/aromatic N) is 4. The number of fused-ring (bicyclic) bond motifs is 1. The molecule has 1 saturated heterocycles. The molecular weight excluding hydrogens is 364 g/mol. The van der Waals surface area contributed by atoms with Crippen LogP contribution in [0.15, 0.2) is 16.9 Å². The molecule has 0 bridgehead atoms. The van der Waals surface area contributed by atoms with Crippen LogP contribution in [-0.2, 0) is 18.4 Å². The molecule has 1 fully saturated rings. The third-order valence-corrected chi connectivity index (χ3v) is 5.51. The zero-order chi connectivity index (χ0) is 21.6. The Morgan fingerprint density at radius 2 is 1.83 bits per heavy atom. The van der Waals surface area contributed by atoms with Crippen LogP contribution in [0, 0.1) is 10.8 Å². The van der Waals surface area contributed by atoms with Crippen LogP contribution >= 0.6 is 0 Å². The fraction of sp³-hybridized carbons (Fsp3) is 0.696. The van der Waals surface area contributed by atoms with Gasteiger partial charge in [0.05, 0.1) is 5.52 Å². The molecule has 2 aromatic heterocycles. The number of carbonyl (C=O) groups excluding carboxylic acids is 1. The molecular formula is C23H36N4O2. The van der Waals surface area contributed by atoms with Gasteiger partial charge in [0, 0.05) is 44.7 Å². The van der Waals surface area contributed by atoms with E-state index >= 15 is 0 Å². The second kappa shape index (κ2) is 7.62. The molecule has 1 aliphatic heterocycles. The topological polar surface area (TPSA) is 60.1 Å². The number of rotatable bonds is 3. The van der Waals surface area contributed by atoms with E-state index < -0.39 is 0 Å². The van der Waals surface area contributed by atoms with Gasteiger partial charge in [-0.1, -0.05) is 41.5 Å². The minimum Gasteiger partial charge on any atom is -0.342 e. The van der Waals surface area contributed by atoms with Gasteiger partial charge in [0.1, 0.15) is 0 Å². The quantitative estimate of drug-likeness (QED) is 0.784. The minimum atomic E-state index is -0.0230. The number of likely N-dealkylation sites (tertiary alicyclic amines) is 1. The van der Waals surface area contributed by atoms with Gasteiger partial charge < -0.3 is 4.90 Å². The number of aromatic nitrogens is 3. The van der Waals surface area contributed by atoms with Gasteiger partial charge in [-0.15, -0.1) is 0 Å². The molecule has 3 rings (SSSR count). The summed E-state index contributed by atoms with van der Waals surface area (Å²) in [5.74, 6) is 0.449. The van der Waals surface area contributed by atoms with Crippen LogP contribution in [0.25, 0.3) is 11.2 Å². The lowest BCUT2D eigenvalue weighted by atomic mass is 9.89. The lowest BCUT2D eigenvalue weighted by Gasteiger charge is -2.34. The molecule has 1 aliphatic rings. The molecule has 0 saturated carbocycles. The first kappa shape index (κ1) is 21.6. The number of hydrogen-bond donors (Lipinski definition) is 0. The van der Waals surface area contributed by atoms with Gasteiger partial charge in [0.15, 0.2) is 5.65 Å². The van der Waals surface area contributed by atoms with E-state index in [0.717, 1.165) is 36.2 Å². The van der Waals surface area contributed by atoms with Crippen molar-refractivity contribution in [1.29, 1.82) is 0 Å². The minimum absolute atomic E-state index is 0.00453. The Morgan fingerprint density at radius 1 is 1.14 bits per heavy atom. The highest BCUT2D eigenvalue weighted by molar-refractivity contribution is 5.77. The van der Waals surface area contributed by atoms with E-state index in [1.165, 1.54) is 0 Å². The van der Waals surface area contributed by atoms with Gasteiger partial charge >= 0.3 is 5.69 Å². The molecule has 0 aromatic carbocycles. The maximum Gasteiger partial charge on any atom is 0.330 e. The van der Waals surface area contributed by atoms with Crippen molar-refractivity contribution in [2.75, 3.05) is 13.1 Å². The summed E-state index contributed by atoms with van der Waals surface area (Å²) in [6.45, 7) is 14.9. The van der Waals surface area contributed by atoms with Gasteiger partial charge in [0.25, 0.3) is 0 Å². The summed E-state index contributed by atoms with van der Waals surface area (Å²) in [6, 6.07) is 4.07. The first-order valence-corrected chi connectivity index (χ1v) is 10.7. The van der Waals surface area contributed by atoms with Crippen molar-refractivity contribution in [2.45, 2.75) is 73.3 Å². The Hall–Kier alpha value is -2.11. The van der Waals surface area contributed by atoms with Crippen molar-refractivity contribution in [3.8, 4) is 0 Å². The molecule has 0 N–H and O–H groups in total.